The predicted molar refractivity (Wildman–Crippen MR) is 85.3 cm³/mol. The van der Waals surface area contributed by atoms with Crippen LogP contribution in [0.1, 0.15) is 35.9 Å². The van der Waals surface area contributed by atoms with E-state index in [9.17, 15) is 4.79 Å². The van der Waals surface area contributed by atoms with Gasteiger partial charge in [0.2, 0.25) is 11.7 Å². The monoisotopic (exact) mass is 318 g/mol. The Kier molecular flexibility index (Phi) is 6.56. The number of amides is 1. The van der Waals surface area contributed by atoms with E-state index in [4.69, 9.17) is 9.26 Å². The third-order valence-corrected chi connectivity index (χ3v) is 3.13. The highest BCUT2D eigenvalue weighted by atomic mass is 16.5. The second-order valence-electron chi connectivity index (χ2n) is 4.88. The summed E-state index contributed by atoms with van der Waals surface area (Å²) >= 11 is 0. The fraction of sp³-hybridized carbons (Fsp3) is 0.438. The van der Waals surface area contributed by atoms with Crippen molar-refractivity contribution in [3.8, 4) is 5.75 Å². The molecule has 0 aliphatic rings. The van der Waals surface area contributed by atoms with Gasteiger partial charge in [0, 0.05) is 25.1 Å². The molecule has 0 atom stereocenters. The number of nitrogens with zero attached hydrogens (tertiary/aromatic N) is 2. The van der Waals surface area contributed by atoms with E-state index >= 15 is 0 Å². The molecule has 0 radical (unpaired) electrons. The van der Waals surface area contributed by atoms with Crippen molar-refractivity contribution >= 4 is 5.91 Å². The van der Waals surface area contributed by atoms with Crippen molar-refractivity contribution in [1.82, 2.24) is 20.8 Å². The van der Waals surface area contributed by atoms with Gasteiger partial charge in [-0.15, -0.1) is 0 Å². The van der Waals surface area contributed by atoms with Crippen LogP contribution in [0.25, 0.3) is 0 Å². The Hall–Kier alpha value is -2.41. The van der Waals surface area contributed by atoms with E-state index in [1.807, 2.05) is 13.8 Å². The average Bonchev–Trinajstić information content (AvgIpc) is 3.05. The number of aryl methyl sites for hydroxylation is 1. The Bertz CT molecular complexity index is 610. The zero-order valence-corrected chi connectivity index (χ0v) is 13.5. The fourth-order valence-corrected chi connectivity index (χ4v) is 1.89. The van der Waals surface area contributed by atoms with Crippen molar-refractivity contribution < 1.29 is 14.1 Å². The molecular formula is C16H22N4O3. The molecule has 124 valence electrons. The summed E-state index contributed by atoms with van der Waals surface area (Å²) in [5, 5.41) is 9.81. The average molecular weight is 318 g/mol. The lowest BCUT2D eigenvalue weighted by atomic mass is 10.2. The minimum atomic E-state index is -0.0970. The number of carbonyl (C=O) groups is 1. The Labute approximate surface area is 135 Å². The molecule has 0 fully saturated rings. The number of benzene rings is 1. The number of hydrogen-bond acceptors (Lipinski definition) is 6. The summed E-state index contributed by atoms with van der Waals surface area (Å²) < 4.78 is 10.6. The number of rotatable bonds is 9. The number of nitrogens with one attached hydrogen (secondary N) is 2. The second kappa shape index (κ2) is 8.89. The van der Waals surface area contributed by atoms with Gasteiger partial charge in [-0.3, -0.25) is 4.79 Å². The molecule has 1 aromatic carbocycles. The van der Waals surface area contributed by atoms with Crippen LogP contribution in [0, 0.1) is 0 Å². The van der Waals surface area contributed by atoms with Crippen LogP contribution < -0.4 is 15.4 Å². The Morgan fingerprint density at radius 3 is 2.65 bits per heavy atom. The van der Waals surface area contributed by atoms with Gasteiger partial charge >= 0.3 is 0 Å². The topological polar surface area (TPSA) is 89.3 Å². The highest BCUT2D eigenvalue weighted by molar-refractivity contribution is 5.94. The molecule has 0 spiro atoms. The molecule has 2 aromatic rings. The van der Waals surface area contributed by atoms with Crippen LogP contribution in [0.15, 0.2) is 28.8 Å². The molecule has 2 N–H and O–H groups in total. The van der Waals surface area contributed by atoms with Gasteiger partial charge in [0.25, 0.3) is 5.91 Å². The van der Waals surface area contributed by atoms with E-state index in [0.29, 0.717) is 36.0 Å². The van der Waals surface area contributed by atoms with Crippen LogP contribution in [0.5, 0.6) is 5.75 Å². The predicted octanol–water partition coefficient (Wildman–Crippen LogP) is 1.55. The normalized spacial score (nSPS) is 10.5. The second-order valence-corrected chi connectivity index (χ2v) is 4.88. The third kappa shape index (κ3) is 5.37. The van der Waals surface area contributed by atoms with Crippen LogP contribution in [0.3, 0.4) is 0 Å². The first kappa shape index (κ1) is 17.0. The summed E-state index contributed by atoms with van der Waals surface area (Å²) in [5.74, 6) is 1.65. The maximum absolute atomic E-state index is 11.9. The SMILES string of the molecule is CCNCCNC(=O)c1ccc(OCc2noc(CC)n2)cc1. The first-order valence-corrected chi connectivity index (χ1v) is 7.76. The van der Waals surface area contributed by atoms with Crippen molar-refractivity contribution in [3.63, 3.8) is 0 Å². The lowest BCUT2D eigenvalue weighted by molar-refractivity contribution is 0.0954. The molecule has 7 heteroatoms. The summed E-state index contributed by atoms with van der Waals surface area (Å²) in [5.41, 5.74) is 0.599. The van der Waals surface area contributed by atoms with Gasteiger partial charge < -0.3 is 19.9 Å². The van der Waals surface area contributed by atoms with Gasteiger partial charge in [0.15, 0.2) is 6.61 Å². The molecule has 0 aliphatic heterocycles. The van der Waals surface area contributed by atoms with E-state index in [1.165, 1.54) is 0 Å². The van der Waals surface area contributed by atoms with Crippen molar-refractivity contribution in [3.05, 3.63) is 41.5 Å². The van der Waals surface area contributed by atoms with Gasteiger partial charge in [0.1, 0.15) is 5.75 Å². The third-order valence-electron chi connectivity index (χ3n) is 3.13. The van der Waals surface area contributed by atoms with E-state index < -0.39 is 0 Å². The van der Waals surface area contributed by atoms with E-state index in [2.05, 4.69) is 20.8 Å². The van der Waals surface area contributed by atoms with E-state index in [0.717, 1.165) is 13.1 Å². The summed E-state index contributed by atoms with van der Waals surface area (Å²) in [4.78, 5) is 16.1. The number of aromatic nitrogens is 2. The largest absolute Gasteiger partial charge is 0.485 e. The molecule has 0 saturated heterocycles. The minimum absolute atomic E-state index is 0.0970. The first-order valence-electron chi connectivity index (χ1n) is 7.76. The first-order chi connectivity index (χ1) is 11.2. The molecule has 1 aromatic heterocycles. The van der Waals surface area contributed by atoms with E-state index in [-0.39, 0.29) is 12.5 Å². The summed E-state index contributed by atoms with van der Waals surface area (Å²) in [6, 6.07) is 6.96. The molecular weight excluding hydrogens is 296 g/mol. The molecule has 1 amide bonds. The number of hydrogen-bond donors (Lipinski definition) is 2. The van der Waals surface area contributed by atoms with Crippen molar-refractivity contribution in [1.29, 1.82) is 0 Å². The summed E-state index contributed by atoms with van der Waals surface area (Å²) in [7, 11) is 0. The van der Waals surface area contributed by atoms with Gasteiger partial charge in [-0.05, 0) is 30.8 Å². The molecule has 0 unspecified atom stereocenters. The Balaban J connectivity index is 1.80. The molecule has 0 aliphatic carbocycles. The van der Waals surface area contributed by atoms with Crippen LogP contribution >= 0.6 is 0 Å². The van der Waals surface area contributed by atoms with Gasteiger partial charge in [-0.25, -0.2) is 0 Å². The van der Waals surface area contributed by atoms with Crippen LogP contribution in [0.4, 0.5) is 0 Å². The minimum Gasteiger partial charge on any atom is -0.485 e. The zero-order valence-electron chi connectivity index (χ0n) is 13.5. The van der Waals surface area contributed by atoms with Gasteiger partial charge in [-0.1, -0.05) is 19.0 Å². The lowest BCUT2D eigenvalue weighted by Gasteiger charge is -2.07. The van der Waals surface area contributed by atoms with Crippen LogP contribution in [0.2, 0.25) is 0 Å². The number of carbonyl (C=O) groups excluding carboxylic acids is 1. The smallest absolute Gasteiger partial charge is 0.251 e. The zero-order chi connectivity index (χ0) is 16.5. The molecule has 0 bridgehead atoms. The van der Waals surface area contributed by atoms with Crippen molar-refractivity contribution in [2.45, 2.75) is 26.9 Å². The standard InChI is InChI=1S/C16H22N4O3/c1-3-15-19-14(20-23-15)11-22-13-7-5-12(6-8-13)16(21)18-10-9-17-4-2/h5-8,17H,3-4,9-11H2,1-2H3,(H,18,21). The maximum atomic E-state index is 11.9. The number of likely N-dealkylation sites (N-methyl/N-ethyl adjacent to an activating group) is 1. The molecule has 7 nitrogen and oxygen atoms in total. The maximum Gasteiger partial charge on any atom is 0.251 e. The molecule has 23 heavy (non-hydrogen) atoms. The Morgan fingerprint density at radius 1 is 1.22 bits per heavy atom. The van der Waals surface area contributed by atoms with E-state index in [1.54, 1.807) is 24.3 Å². The fourth-order valence-electron chi connectivity index (χ4n) is 1.89. The summed E-state index contributed by atoms with van der Waals surface area (Å²) in [6.45, 7) is 6.45. The lowest BCUT2D eigenvalue weighted by Crippen LogP contribution is -2.31. The Morgan fingerprint density at radius 2 is 2.00 bits per heavy atom. The molecule has 1 heterocycles. The van der Waals surface area contributed by atoms with Crippen LogP contribution in [-0.2, 0) is 13.0 Å². The van der Waals surface area contributed by atoms with Crippen molar-refractivity contribution in [2.24, 2.45) is 0 Å². The highest BCUT2D eigenvalue weighted by Gasteiger charge is 2.07. The van der Waals surface area contributed by atoms with Crippen molar-refractivity contribution in [2.75, 3.05) is 19.6 Å². The van der Waals surface area contributed by atoms with Gasteiger partial charge in [0.05, 0.1) is 0 Å². The van der Waals surface area contributed by atoms with Crippen LogP contribution in [-0.4, -0.2) is 35.7 Å². The highest BCUT2D eigenvalue weighted by Crippen LogP contribution is 2.13. The number of ether oxygens (including phenoxy) is 1. The quantitative estimate of drug-likeness (QED) is 0.682. The van der Waals surface area contributed by atoms with Gasteiger partial charge in [-0.2, -0.15) is 4.98 Å². The summed E-state index contributed by atoms with van der Waals surface area (Å²) in [6.07, 6.45) is 0.699. The molecule has 0 saturated carbocycles. The molecule has 2 rings (SSSR count).